The third-order valence-corrected chi connectivity index (χ3v) is 2.21. The first-order valence-electron chi connectivity index (χ1n) is 4.68. The van der Waals surface area contributed by atoms with Gasteiger partial charge in [0, 0.05) is 12.7 Å². The van der Waals surface area contributed by atoms with Gasteiger partial charge in [-0.2, -0.15) is 0 Å². The van der Waals surface area contributed by atoms with Gasteiger partial charge in [0.25, 0.3) is 0 Å². The Kier molecular flexibility index (Phi) is 4.98. The Hall–Kier alpha value is -0.500. The number of rotatable bonds is 4. The van der Waals surface area contributed by atoms with Crippen LogP contribution in [0.25, 0.3) is 0 Å². The summed E-state index contributed by atoms with van der Waals surface area (Å²) >= 11 is 0. The van der Waals surface area contributed by atoms with Crippen LogP contribution in [-0.4, -0.2) is 12.1 Å². The van der Waals surface area contributed by atoms with Crippen molar-refractivity contribution in [1.29, 1.82) is 0 Å². The molecule has 12 heavy (non-hydrogen) atoms. The van der Waals surface area contributed by atoms with E-state index in [0.29, 0.717) is 5.92 Å². The van der Waals surface area contributed by atoms with Crippen molar-refractivity contribution in [2.45, 2.75) is 40.5 Å². The van der Waals surface area contributed by atoms with Crippen LogP contribution in [-0.2, 0) is 0 Å². The molecule has 0 aromatic carbocycles. The maximum absolute atomic E-state index is 5.68. The smallest absolute Gasteiger partial charge is 0.0251 e. The molecule has 0 fully saturated rings. The standard InChI is InChI=1S/C10H22N2/c1-6-7-10(8(2)3)9(4)12(5)11/h8H,6-7,11H2,1-5H3/b10-9+. The van der Waals surface area contributed by atoms with Gasteiger partial charge in [-0.05, 0) is 24.8 Å². The van der Waals surface area contributed by atoms with Gasteiger partial charge in [-0.1, -0.05) is 27.2 Å². The molecule has 0 heterocycles. The van der Waals surface area contributed by atoms with Crippen LogP contribution in [0.1, 0.15) is 40.5 Å². The largest absolute Gasteiger partial charge is 0.319 e. The number of allylic oxidation sites excluding steroid dienone is 2. The molecule has 0 spiro atoms. The summed E-state index contributed by atoms with van der Waals surface area (Å²) in [5.74, 6) is 6.29. The molecule has 0 aromatic rings. The van der Waals surface area contributed by atoms with Gasteiger partial charge in [-0.15, -0.1) is 0 Å². The molecule has 72 valence electrons. The zero-order chi connectivity index (χ0) is 9.72. The molecule has 2 N–H and O–H groups in total. The summed E-state index contributed by atoms with van der Waals surface area (Å²) < 4.78 is 0. The first-order chi connectivity index (χ1) is 5.50. The van der Waals surface area contributed by atoms with Crippen molar-refractivity contribution in [3.05, 3.63) is 11.3 Å². The van der Waals surface area contributed by atoms with E-state index in [2.05, 4.69) is 27.7 Å². The summed E-state index contributed by atoms with van der Waals surface area (Å²) in [5, 5.41) is 1.71. The quantitative estimate of drug-likeness (QED) is 0.519. The molecule has 0 aliphatic carbocycles. The molecule has 0 bridgehead atoms. The van der Waals surface area contributed by atoms with Crippen molar-refractivity contribution >= 4 is 0 Å². The third-order valence-electron chi connectivity index (χ3n) is 2.21. The van der Waals surface area contributed by atoms with Crippen LogP contribution >= 0.6 is 0 Å². The van der Waals surface area contributed by atoms with E-state index >= 15 is 0 Å². The van der Waals surface area contributed by atoms with Crippen LogP contribution in [0.15, 0.2) is 11.3 Å². The van der Waals surface area contributed by atoms with E-state index in [9.17, 15) is 0 Å². The van der Waals surface area contributed by atoms with Crippen LogP contribution < -0.4 is 5.84 Å². The van der Waals surface area contributed by atoms with Gasteiger partial charge < -0.3 is 5.01 Å². The minimum absolute atomic E-state index is 0.607. The predicted octanol–water partition coefficient (Wildman–Crippen LogP) is 2.52. The Morgan fingerprint density at radius 1 is 1.42 bits per heavy atom. The average molecular weight is 170 g/mol. The van der Waals surface area contributed by atoms with Gasteiger partial charge in [-0.3, -0.25) is 0 Å². The summed E-state index contributed by atoms with van der Waals surface area (Å²) in [6.45, 7) is 8.73. The topological polar surface area (TPSA) is 29.3 Å². The second-order valence-corrected chi connectivity index (χ2v) is 3.63. The van der Waals surface area contributed by atoms with Crippen LogP contribution in [0.2, 0.25) is 0 Å². The van der Waals surface area contributed by atoms with Crippen molar-refractivity contribution in [3.8, 4) is 0 Å². The van der Waals surface area contributed by atoms with Crippen LogP contribution in [0, 0.1) is 5.92 Å². The van der Waals surface area contributed by atoms with Crippen molar-refractivity contribution in [3.63, 3.8) is 0 Å². The maximum atomic E-state index is 5.68. The van der Waals surface area contributed by atoms with E-state index in [1.165, 1.54) is 17.7 Å². The lowest BCUT2D eigenvalue weighted by Crippen LogP contribution is -2.25. The van der Waals surface area contributed by atoms with Crippen molar-refractivity contribution in [1.82, 2.24) is 5.01 Å². The Labute approximate surface area is 76.4 Å². The minimum atomic E-state index is 0.607. The first-order valence-corrected chi connectivity index (χ1v) is 4.68. The zero-order valence-electron chi connectivity index (χ0n) is 9.02. The molecule has 2 heteroatoms. The van der Waals surface area contributed by atoms with E-state index in [4.69, 9.17) is 5.84 Å². The highest BCUT2D eigenvalue weighted by Gasteiger charge is 2.07. The average Bonchev–Trinajstić information content (AvgIpc) is 1.98. The number of hydrogen-bond acceptors (Lipinski definition) is 2. The number of nitrogens with two attached hydrogens (primary N) is 1. The van der Waals surface area contributed by atoms with Gasteiger partial charge in [0.15, 0.2) is 0 Å². The number of hydrogen-bond donors (Lipinski definition) is 1. The van der Waals surface area contributed by atoms with E-state index in [0.717, 1.165) is 6.42 Å². The van der Waals surface area contributed by atoms with Crippen molar-refractivity contribution < 1.29 is 0 Å². The molecule has 0 aliphatic heterocycles. The van der Waals surface area contributed by atoms with Gasteiger partial charge >= 0.3 is 0 Å². The Balaban J connectivity index is 4.55. The number of nitrogens with zero attached hydrogens (tertiary/aromatic N) is 1. The fourth-order valence-corrected chi connectivity index (χ4v) is 1.38. The molecule has 0 saturated heterocycles. The normalized spacial score (nSPS) is 13.2. The molecule has 0 radical (unpaired) electrons. The highest BCUT2D eigenvalue weighted by Crippen LogP contribution is 2.20. The zero-order valence-corrected chi connectivity index (χ0v) is 9.02. The molecule has 0 aromatic heterocycles. The molecule has 2 nitrogen and oxygen atoms in total. The molecule has 0 saturated carbocycles. The molecular formula is C10H22N2. The number of hydrazine groups is 1. The lowest BCUT2D eigenvalue weighted by atomic mass is 9.97. The maximum Gasteiger partial charge on any atom is 0.0251 e. The Morgan fingerprint density at radius 2 is 1.92 bits per heavy atom. The van der Waals surface area contributed by atoms with Gasteiger partial charge in [-0.25, -0.2) is 5.84 Å². The highest BCUT2D eigenvalue weighted by atomic mass is 15.4. The molecule has 0 aliphatic rings. The summed E-state index contributed by atoms with van der Waals surface area (Å²) in [6.07, 6.45) is 2.35. The summed E-state index contributed by atoms with van der Waals surface area (Å²) in [6, 6.07) is 0. The molecule has 0 rings (SSSR count). The van der Waals surface area contributed by atoms with Crippen LogP contribution in [0.4, 0.5) is 0 Å². The molecular weight excluding hydrogens is 148 g/mol. The fraction of sp³-hybridized carbons (Fsp3) is 0.800. The monoisotopic (exact) mass is 170 g/mol. The van der Waals surface area contributed by atoms with Gasteiger partial charge in [0.05, 0.1) is 0 Å². The van der Waals surface area contributed by atoms with Crippen LogP contribution in [0.5, 0.6) is 0 Å². The SMILES string of the molecule is CCC/C(=C(/C)N(C)N)C(C)C. The van der Waals surface area contributed by atoms with E-state index in [1.54, 1.807) is 5.01 Å². The first kappa shape index (κ1) is 11.5. The van der Waals surface area contributed by atoms with E-state index in [1.807, 2.05) is 7.05 Å². The van der Waals surface area contributed by atoms with Crippen molar-refractivity contribution in [2.24, 2.45) is 11.8 Å². The molecule has 0 atom stereocenters. The Bertz CT molecular complexity index is 157. The summed E-state index contributed by atoms with van der Waals surface area (Å²) in [7, 11) is 1.90. The summed E-state index contributed by atoms with van der Waals surface area (Å²) in [4.78, 5) is 0. The van der Waals surface area contributed by atoms with Crippen LogP contribution in [0.3, 0.4) is 0 Å². The highest BCUT2D eigenvalue weighted by molar-refractivity contribution is 5.12. The third kappa shape index (κ3) is 3.26. The lowest BCUT2D eigenvalue weighted by Gasteiger charge is -2.20. The predicted molar refractivity (Wildman–Crippen MR) is 54.4 cm³/mol. The van der Waals surface area contributed by atoms with Crippen molar-refractivity contribution in [2.75, 3.05) is 7.05 Å². The minimum Gasteiger partial charge on any atom is -0.319 e. The second-order valence-electron chi connectivity index (χ2n) is 3.63. The van der Waals surface area contributed by atoms with E-state index < -0.39 is 0 Å². The van der Waals surface area contributed by atoms with Gasteiger partial charge in [0.1, 0.15) is 0 Å². The summed E-state index contributed by atoms with van der Waals surface area (Å²) in [5.41, 5.74) is 2.69. The van der Waals surface area contributed by atoms with E-state index in [-0.39, 0.29) is 0 Å². The van der Waals surface area contributed by atoms with Gasteiger partial charge in [0.2, 0.25) is 0 Å². The molecule has 0 unspecified atom stereocenters. The Morgan fingerprint density at radius 3 is 2.17 bits per heavy atom. The molecule has 0 amide bonds. The second kappa shape index (κ2) is 5.20. The lowest BCUT2D eigenvalue weighted by molar-refractivity contribution is 0.425. The fourth-order valence-electron chi connectivity index (χ4n) is 1.38.